The van der Waals surface area contributed by atoms with Crippen molar-refractivity contribution in [3.05, 3.63) is 71.8 Å². The third-order valence-corrected chi connectivity index (χ3v) is 3.42. The minimum atomic E-state index is -0.836. The van der Waals surface area contributed by atoms with Crippen LogP contribution < -0.4 is 5.32 Å². The van der Waals surface area contributed by atoms with Crippen LogP contribution in [0.1, 0.15) is 24.0 Å². The normalized spacial score (nSPS) is 13.6. The van der Waals surface area contributed by atoms with E-state index in [9.17, 15) is 5.11 Å². The maximum absolute atomic E-state index is 10.8. The monoisotopic (exact) mass is 291 g/mol. The number of aliphatic hydroxyl groups is 1. The van der Waals surface area contributed by atoms with E-state index in [-0.39, 0.29) is 18.3 Å². The SMILES string of the molecule is CNCC(C)(O)C(c1ccccc1)c1ccccc1.Cl. The number of nitrogens with one attached hydrogen (secondary N) is 1. The van der Waals surface area contributed by atoms with Crippen molar-refractivity contribution in [2.75, 3.05) is 13.6 Å². The first-order valence-corrected chi connectivity index (χ1v) is 6.62. The minimum Gasteiger partial charge on any atom is -0.388 e. The van der Waals surface area contributed by atoms with Gasteiger partial charge in [-0.15, -0.1) is 12.4 Å². The molecule has 2 rings (SSSR count). The van der Waals surface area contributed by atoms with Crippen LogP contribution >= 0.6 is 12.4 Å². The van der Waals surface area contributed by atoms with E-state index < -0.39 is 5.60 Å². The number of rotatable bonds is 5. The summed E-state index contributed by atoms with van der Waals surface area (Å²) in [5.41, 5.74) is 1.43. The van der Waals surface area contributed by atoms with Crippen LogP contribution in [0, 0.1) is 0 Å². The Morgan fingerprint density at radius 1 is 0.950 bits per heavy atom. The van der Waals surface area contributed by atoms with Crippen molar-refractivity contribution < 1.29 is 5.11 Å². The summed E-state index contributed by atoms with van der Waals surface area (Å²) in [4.78, 5) is 0. The Kier molecular flexibility index (Phi) is 6.21. The summed E-state index contributed by atoms with van der Waals surface area (Å²) >= 11 is 0. The Labute approximate surface area is 127 Å². The molecule has 0 heterocycles. The van der Waals surface area contributed by atoms with E-state index in [0.717, 1.165) is 11.1 Å². The molecule has 0 bridgehead atoms. The molecule has 0 saturated carbocycles. The summed E-state index contributed by atoms with van der Waals surface area (Å²) < 4.78 is 0. The van der Waals surface area contributed by atoms with Gasteiger partial charge in [-0.25, -0.2) is 0 Å². The number of halogens is 1. The summed E-state index contributed by atoms with van der Waals surface area (Å²) in [5.74, 6) is -0.0395. The lowest BCUT2D eigenvalue weighted by atomic mass is 9.78. The lowest BCUT2D eigenvalue weighted by molar-refractivity contribution is 0.0448. The third kappa shape index (κ3) is 3.83. The highest BCUT2D eigenvalue weighted by Crippen LogP contribution is 2.34. The largest absolute Gasteiger partial charge is 0.388 e. The molecule has 108 valence electrons. The van der Waals surface area contributed by atoms with Gasteiger partial charge in [0.1, 0.15) is 0 Å². The molecule has 0 aromatic heterocycles. The summed E-state index contributed by atoms with van der Waals surface area (Å²) in [5, 5.41) is 13.9. The highest BCUT2D eigenvalue weighted by atomic mass is 35.5. The van der Waals surface area contributed by atoms with Crippen LogP contribution in [-0.4, -0.2) is 24.3 Å². The van der Waals surface area contributed by atoms with E-state index in [4.69, 9.17) is 0 Å². The topological polar surface area (TPSA) is 32.3 Å². The predicted molar refractivity (Wildman–Crippen MR) is 86.5 cm³/mol. The molecule has 2 N–H and O–H groups in total. The van der Waals surface area contributed by atoms with Gasteiger partial charge in [0, 0.05) is 12.5 Å². The van der Waals surface area contributed by atoms with E-state index in [0.29, 0.717) is 6.54 Å². The molecule has 1 unspecified atom stereocenters. The van der Waals surface area contributed by atoms with E-state index in [1.165, 1.54) is 0 Å². The Bertz CT molecular complexity index is 459. The van der Waals surface area contributed by atoms with Crippen LogP contribution in [0.3, 0.4) is 0 Å². The van der Waals surface area contributed by atoms with E-state index in [1.54, 1.807) is 0 Å². The average molecular weight is 292 g/mol. The molecular weight excluding hydrogens is 270 g/mol. The van der Waals surface area contributed by atoms with Gasteiger partial charge in [-0.05, 0) is 25.1 Å². The lowest BCUT2D eigenvalue weighted by Crippen LogP contribution is -2.42. The summed E-state index contributed by atoms with van der Waals surface area (Å²) in [6.07, 6.45) is 0. The number of benzene rings is 2. The smallest absolute Gasteiger partial charge is 0.0851 e. The molecule has 0 saturated heterocycles. The van der Waals surface area contributed by atoms with Gasteiger partial charge >= 0.3 is 0 Å². The van der Waals surface area contributed by atoms with E-state index in [2.05, 4.69) is 29.6 Å². The van der Waals surface area contributed by atoms with Gasteiger partial charge in [0.2, 0.25) is 0 Å². The summed E-state index contributed by atoms with van der Waals surface area (Å²) in [6, 6.07) is 20.3. The number of hydrogen-bond donors (Lipinski definition) is 2. The van der Waals surface area contributed by atoms with Crippen molar-refractivity contribution in [3.8, 4) is 0 Å². The second-order valence-corrected chi connectivity index (χ2v) is 5.14. The first-order valence-electron chi connectivity index (χ1n) is 6.62. The summed E-state index contributed by atoms with van der Waals surface area (Å²) in [7, 11) is 1.86. The van der Waals surface area contributed by atoms with Gasteiger partial charge in [0.25, 0.3) is 0 Å². The van der Waals surface area contributed by atoms with Crippen LogP contribution in [0.5, 0.6) is 0 Å². The van der Waals surface area contributed by atoms with Crippen molar-refractivity contribution >= 4 is 12.4 Å². The number of likely N-dealkylation sites (N-methyl/N-ethyl adjacent to an activating group) is 1. The molecule has 0 aliphatic rings. The fourth-order valence-corrected chi connectivity index (χ4v) is 2.66. The zero-order chi connectivity index (χ0) is 13.7. The molecule has 3 heteroatoms. The van der Waals surface area contributed by atoms with Crippen molar-refractivity contribution in [3.63, 3.8) is 0 Å². The zero-order valence-electron chi connectivity index (χ0n) is 11.9. The van der Waals surface area contributed by atoms with E-state index in [1.807, 2.05) is 50.4 Å². The van der Waals surface area contributed by atoms with Crippen LogP contribution in [0.4, 0.5) is 0 Å². The van der Waals surface area contributed by atoms with Crippen LogP contribution in [-0.2, 0) is 0 Å². The zero-order valence-corrected chi connectivity index (χ0v) is 12.7. The van der Waals surface area contributed by atoms with Gasteiger partial charge in [-0.1, -0.05) is 60.7 Å². The molecule has 1 atom stereocenters. The molecule has 2 aromatic rings. The Hall–Kier alpha value is -1.35. The molecule has 0 radical (unpaired) electrons. The summed E-state index contributed by atoms with van der Waals surface area (Å²) in [6.45, 7) is 2.43. The number of hydrogen-bond acceptors (Lipinski definition) is 2. The Morgan fingerprint density at radius 2 is 1.35 bits per heavy atom. The molecule has 0 spiro atoms. The molecule has 2 nitrogen and oxygen atoms in total. The molecule has 2 aromatic carbocycles. The van der Waals surface area contributed by atoms with Crippen molar-refractivity contribution in [2.24, 2.45) is 0 Å². The molecule has 0 aliphatic heterocycles. The second kappa shape index (κ2) is 7.44. The first kappa shape index (κ1) is 16.7. The standard InChI is InChI=1S/C17H21NO.ClH/c1-17(19,13-18-2)16(14-9-5-3-6-10-14)15-11-7-4-8-12-15;/h3-12,16,18-19H,13H2,1-2H3;1H. The minimum absolute atomic E-state index is 0. The molecule has 0 fully saturated rings. The van der Waals surface area contributed by atoms with Crippen LogP contribution in [0.15, 0.2) is 60.7 Å². The maximum atomic E-state index is 10.8. The van der Waals surface area contributed by atoms with Gasteiger partial charge in [0.05, 0.1) is 5.60 Å². The predicted octanol–water partition coefficient (Wildman–Crippen LogP) is 3.21. The highest BCUT2D eigenvalue weighted by molar-refractivity contribution is 5.85. The van der Waals surface area contributed by atoms with Gasteiger partial charge in [0.15, 0.2) is 0 Å². The molecule has 20 heavy (non-hydrogen) atoms. The van der Waals surface area contributed by atoms with Crippen molar-refractivity contribution in [2.45, 2.75) is 18.4 Å². The first-order chi connectivity index (χ1) is 9.15. The van der Waals surface area contributed by atoms with E-state index >= 15 is 0 Å². The fraction of sp³-hybridized carbons (Fsp3) is 0.294. The van der Waals surface area contributed by atoms with Crippen molar-refractivity contribution in [1.29, 1.82) is 0 Å². The van der Waals surface area contributed by atoms with Gasteiger partial charge in [-0.3, -0.25) is 0 Å². The van der Waals surface area contributed by atoms with Crippen molar-refractivity contribution in [1.82, 2.24) is 5.32 Å². The lowest BCUT2D eigenvalue weighted by Gasteiger charge is -2.33. The van der Waals surface area contributed by atoms with Crippen LogP contribution in [0.25, 0.3) is 0 Å². The highest BCUT2D eigenvalue weighted by Gasteiger charge is 2.33. The Morgan fingerprint density at radius 3 is 1.70 bits per heavy atom. The molecular formula is C17H22ClNO. The molecule has 0 aliphatic carbocycles. The average Bonchev–Trinajstić information content (AvgIpc) is 2.41. The molecule has 0 amide bonds. The third-order valence-electron chi connectivity index (χ3n) is 3.42. The second-order valence-electron chi connectivity index (χ2n) is 5.14. The quantitative estimate of drug-likeness (QED) is 0.886. The fourth-order valence-electron chi connectivity index (χ4n) is 2.66. The van der Waals surface area contributed by atoms with Crippen LogP contribution in [0.2, 0.25) is 0 Å². The van der Waals surface area contributed by atoms with Gasteiger partial charge < -0.3 is 10.4 Å². The maximum Gasteiger partial charge on any atom is 0.0851 e. The Balaban J connectivity index is 0.00000200. The van der Waals surface area contributed by atoms with Gasteiger partial charge in [-0.2, -0.15) is 0 Å².